The molecule has 1 aromatic carbocycles. The van der Waals surface area contributed by atoms with Gasteiger partial charge < -0.3 is 9.64 Å². The van der Waals surface area contributed by atoms with E-state index in [1.54, 1.807) is 24.3 Å². The number of urea groups is 1. The number of methoxy groups -OCH3 is 1. The average molecular weight is 395 g/mol. The lowest BCUT2D eigenvalue weighted by Crippen LogP contribution is -2.51. The van der Waals surface area contributed by atoms with E-state index in [4.69, 9.17) is 0 Å². The lowest BCUT2D eigenvalue weighted by atomic mass is 9.95. The Morgan fingerprint density at radius 3 is 2.69 bits per heavy atom. The minimum Gasteiger partial charge on any atom is -0.468 e. The van der Waals surface area contributed by atoms with Gasteiger partial charge >= 0.3 is 12.0 Å². The zero-order valence-corrected chi connectivity index (χ0v) is 16.2. The summed E-state index contributed by atoms with van der Waals surface area (Å²) >= 11 is 0. The van der Waals surface area contributed by atoms with Crippen LogP contribution in [0, 0.1) is 12.8 Å². The molecule has 150 valence electrons. The molecule has 0 saturated heterocycles. The monoisotopic (exact) mass is 395 g/mol. The maximum atomic E-state index is 12.9. The summed E-state index contributed by atoms with van der Waals surface area (Å²) in [6.45, 7) is 1.26. The molecule has 1 atom stereocenters. The first kappa shape index (κ1) is 20.2. The first-order valence-corrected chi connectivity index (χ1v) is 9.08. The van der Waals surface area contributed by atoms with Crippen molar-refractivity contribution >= 4 is 29.5 Å². The van der Waals surface area contributed by atoms with Crippen molar-refractivity contribution in [3.05, 3.63) is 59.7 Å². The second-order valence-electron chi connectivity index (χ2n) is 6.72. The number of ether oxygens (including phenoxy) is 1. The van der Waals surface area contributed by atoms with Crippen molar-refractivity contribution in [2.45, 2.75) is 13.5 Å². The fraction of sp³-hybridized carbons (Fsp3) is 0.286. The minimum absolute atomic E-state index is 0.150. The SMILES string of the molecule is COC(=O)CN(Cc1ccccc1C)C(=O)CN1C(=O)N=C2C=CC=CC2C1=O. The van der Waals surface area contributed by atoms with E-state index < -0.39 is 36.3 Å². The third kappa shape index (κ3) is 4.48. The van der Waals surface area contributed by atoms with Crippen LogP contribution in [0.5, 0.6) is 0 Å². The smallest absolute Gasteiger partial charge is 0.351 e. The number of rotatable bonds is 6. The molecule has 0 fully saturated rings. The molecule has 8 heteroatoms. The predicted molar refractivity (Wildman–Crippen MR) is 105 cm³/mol. The molecule has 1 heterocycles. The topological polar surface area (TPSA) is 96.3 Å². The second-order valence-corrected chi connectivity index (χ2v) is 6.72. The van der Waals surface area contributed by atoms with Crippen molar-refractivity contribution < 1.29 is 23.9 Å². The van der Waals surface area contributed by atoms with Crippen molar-refractivity contribution in [2.24, 2.45) is 10.9 Å². The summed E-state index contributed by atoms with van der Waals surface area (Å²) < 4.78 is 4.68. The number of hydrogen-bond acceptors (Lipinski definition) is 5. The van der Waals surface area contributed by atoms with Gasteiger partial charge in [0.25, 0.3) is 0 Å². The summed E-state index contributed by atoms with van der Waals surface area (Å²) in [5, 5.41) is 0. The quantitative estimate of drug-likeness (QED) is 0.683. The zero-order chi connectivity index (χ0) is 21.0. The van der Waals surface area contributed by atoms with Gasteiger partial charge in [-0.1, -0.05) is 42.5 Å². The number of fused-ring (bicyclic) bond motifs is 1. The molecule has 0 N–H and O–H groups in total. The number of benzene rings is 1. The summed E-state index contributed by atoms with van der Waals surface area (Å²) in [7, 11) is 1.23. The fourth-order valence-corrected chi connectivity index (χ4v) is 3.11. The lowest BCUT2D eigenvalue weighted by Gasteiger charge is -2.30. The molecule has 8 nitrogen and oxygen atoms in total. The summed E-state index contributed by atoms with van der Waals surface area (Å²) in [5.41, 5.74) is 2.16. The Morgan fingerprint density at radius 2 is 1.97 bits per heavy atom. The second kappa shape index (κ2) is 8.64. The molecule has 0 bridgehead atoms. The van der Waals surface area contributed by atoms with E-state index in [0.29, 0.717) is 5.71 Å². The minimum atomic E-state index is -0.788. The van der Waals surface area contributed by atoms with Crippen molar-refractivity contribution in [1.29, 1.82) is 0 Å². The van der Waals surface area contributed by atoms with Gasteiger partial charge in [0.05, 0.1) is 18.7 Å². The Labute approximate surface area is 168 Å². The summed E-state index contributed by atoms with van der Waals surface area (Å²) in [4.78, 5) is 55.7. The largest absolute Gasteiger partial charge is 0.468 e. The highest BCUT2D eigenvalue weighted by atomic mass is 16.5. The number of nitrogens with zero attached hydrogens (tertiary/aromatic N) is 3. The van der Waals surface area contributed by atoms with Crippen LogP contribution in [0.4, 0.5) is 4.79 Å². The highest BCUT2D eigenvalue weighted by Crippen LogP contribution is 2.20. The molecule has 0 radical (unpaired) electrons. The molecule has 0 spiro atoms. The molecule has 2 aliphatic rings. The molecule has 0 aromatic heterocycles. The van der Waals surface area contributed by atoms with Crippen LogP contribution in [0.15, 0.2) is 53.6 Å². The maximum absolute atomic E-state index is 12.9. The summed E-state index contributed by atoms with van der Waals surface area (Å²) in [6, 6.07) is 6.66. The zero-order valence-electron chi connectivity index (χ0n) is 16.2. The molecule has 4 amide bonds. The Bertz CT molecular complexity index is 947. The van der Waals surface area contributed by atoms with Gasteiger partial charge in [-0.3, -0.25) is 19.3 Å². The molecule has 1 unspecified atom stereocenters. The Morgan fingerprint density at radius 1 is 1.21 bits per heavy atom. The standard InChI is InChI=1S/C21H21N3O5/c1-14-7-3-4-8-15(14)11-23(13-19(26)29-2)18(25)12-24-20(27)16-9-5-6-10-17(16)22-21(24)28/h3-10,16H,11-13H2,1-2H3. The van der Waals surface area contributed by atoms with E-state index in [0.717, 1.165) is 16.0 Å². The lowest BCUT2D eigenvalue weighted by molar-refractivity contribution is -0.148. The van der Waals surface area contributed by atoms with Crippen molar-refractivity contribution in [3.63, 3.8) is 0 Å². The average Bonchev–Trinajstić information content (AvgIpc) is 2.71. The normalized spacial score (nSPS) is 17.7. The number of carbonyl (C=O) groups is 4. The fourth-order valence-electron chi connectivity index (χ4n) is 3.11. The first-order chi connectivity index (χ1) is 13.9. The van der Waals surface area contributed by atoms with Crippen LogP contribution >= 0.6 is 0 Å². The van der Waals surface area contributed by atoms with Gasteiger partial charge in [0.1, 0.15) is 13.1 Å². The third-order valence-electron chi connectivity index (χ3n) is 4.80. The van der Waals surface area contributed by atoms with Gasteiger partial charge in [-0.05, 0) is 24.1 Å². The van der Waals surface area contributed by atoms with Crippen LogP contribution < -0.4 is 0 Å². The molecule has 29 heavy (non-hydrogen) atoms. The van der Waals surface area contributed by atoms with Crippen LogP contribution in [0.2, 0.25) is 0 Å². The summed E-state index contributed by atoms with van der Waals surface area (Å²) in [5.74, 6) is -2.34. The molecule has 1 aliphatic carbocycles. The van der Waals surface area contributed by atoms with Crippen LogP contribution in [0.3, 0.4) is 0 Å². The van der Waals surface area contributed by atoms with Gasteiger partial charge in [0.2, 0.25) is 11.8 Å². The van der Waals surface area contributed by atoms with E-state index in [1.165, 1.54) is 12.0 Å². The van der Waals surface area contributed by atoms with Crippen LogP contribution in [0.25, 0.3) is 0 Å². The number of allylic oxidation sites excluding steroid dienone is 3. The third-order valence-corrected chi connectivity index (χ3v) is 4.80. The molecular weight excluding hydrogens is 374 g/mol. The predicted octanol–water partition coefficient (Wildman–Crippen LogP) is 1.64. The highest BCUT2D eigenvalue weighted by Gasteiger charge is 2.37. The van der Waals surface area contributed by atoms with E-state index in [-0.39, 0.29) is 13.1 Å². The molecular formula is C21H21N3O5. The Hall–Kier alpha value is -3.55. The van der Waals surface area contributed by atoms with Crippen LogP contribution in [0.1, 0.15) is 11.1 Å². The summed E-state index contributed by atoms with van der Waals surface area (Å²) in [6.07, 6.45) is 6.61. The van der Waals surface area contributed by atoms with E-state index in [1.807, 2.05) is 31.2 Å². The number of imide groups is 1. The van der Waals surface area contributed by atoms with Crippen LogP contribution in [-0.4, -0.2) is 59.5 Å². The number of carbonyl (C=O) groups excluding carboxylic acids is 4. The molecule has 3 rings (SSSR count). The number of aliphatic imine (C=N–C) groups is 1. The van der Waals surface area contributed by atoms with Crippen molar-refractivity contribution in [3.8, 4) is 0 Å². The van der Waals surface area contributed by atoms with Gasteiger partial charge in [0, 0.05) is 6.54 Å². The van der Waals surface area contributed by atoms with Crippen molar-refractivity contribution in [1.82, 2.24) is 9.80 Å². The van der Waals surface area contributed by atoms with Gasteiger partial charge in [-0.2, -0.15) is 4.99 Å². The number of hydrogen-bond donors (Lipinski definition) is 0. The first-order valence-electron chi connectivity index (χ1n) is 9.08. The Balaban J connectivity index is 1.79. The molecule has 1 aliphatic heterocycles. The van der Waals surface area contributed by atoms with Gasteiger partial charge in [0.15, 0.2) is 0 Å². The van der Waals surface area contributed by atoms with Gasteiger partial charge in [-0.15, -0.1) is 0 Å². The van der Waals surface area contributed by atoms with E-state index in [2.05, 4.69) is 9.73 Å². The molecule has 0 saturated carbocycles. The Kier molecular flexibility index (Phi) is 6.01. The molecule has 1 aromatic rings. The van der Waals surface area contributed by atoms with E-state index in [9.17, 15) is 19.2 Å². The number of aryl methyl sites for hydroxylation is 1. The van der Waals surface area contributed by atoms with Crippen molar-refractivity contribution in [2.75, 3.05) is 20.2 Å². The maximum Gasteiger partial charge on any atom is 0.351 e. The van der Waals surface area contributed by atoms with E-state index >= 15 is 0 Å². The highest BCUT2D eigenvalue weighted by molar-refractivity contribution is 6.22. The number of amides is 4. The number of esters is 1. The van der Waals surface area contributed by atoms with Gasteiger partial charge in [-0.25, -0.2) is 4.79 Å². The van der Waals surface area contributed by atoms with Crippen LogP contribution in [-0.2, 0) is 25.7 Å².